The van der Waals surface area contributed by atoms with Gasteiger partial charge < -0.3 is 9.13 Å². The van der Waals surface area contributed by atoms with E-state index in [0.29, 0.717) is 0 Å². The van der Waals surface area contributed by atoms with Crippen molar-refractivity contribution in [1.29, 1.82) is 0 Å². The van der Waals surface area contributed by atoms with Gasteiger partial charge in [-0.1, -0.05) is 123 Å². The molecule has 0 amide bonds. The molecule has 0 atom stereocenters. The molecule has 2 heterocycles. The maximum Gasteiger partial charge on any atom is 0.0588 e. The molecule has 0 fully saturated rings. The summed E-state index contributed by atoms with van der Waals surface area (Å²) in [5.74, 6) is 0. The third kappa shape index (κ3) is 3.61. The van der Waals surface area contributed by atoms with Crippen molar-refractivity contribution in [3.63, 3.8) is 0 Å². The number of aromatic nitrogens is 2. The smallest absolute Gasteiger partial charge is 0.0588 e. The van der Waals surface area contributed by atoms with Crippen LogP contribution in [0.3, 0.4) is 0 Å². The predicted molar refractivity (Wildman–Crippen MR) is 198 cm³/mol. The molecule has 47 heavy (non-hydrogen) atoms. The lowest BCUT2D eigenvalue weighted by Crippen LogP contribution is -2.16. The van der Waals surface area contributed by atoms with Crippen molar-refractivity contribution in [1.82, 2.24) is 9.13 Å². The molecule has 0 radical (unpaired) electrons. The van der Waals surface area contributed by atoms with Gasteiger partial charge in [-0.15, -0.1) is 0 Å². The zero-order valence-corrected chi connectivity index (χ0v) is 26.4. The van der Waals surface area contributed by atoms with Gasteiger partial charge in [0, 0.05) is 38.3 Å². The molecule has 1 aliphatic rings. The number of hydrogen-bond donors (Lipinski definition) is 0. The third-order valence-electron chi connectivity index (χ3n) is 10.5. The molecule has 2 heteroatoms. The summed E-state index contributed by atoms with van der Waals surface area (Å²) in [4.78, 5) is 0. The Balaban J connectivity index is 1.25. The molecule has 0 N–H and O–H groups in total. The van der Waals surface area contributed by atoms with Crippen molar-refractivity contribution in [3.05, 3.63) is 169 Å². The van der Waals surface area contributed by atoms with E-state index in [1.54, 1.807) is 0 Å². The first-order chi connectivity index (χ1) is 23.1. The van der Waals surface area contributed by atoms with Gasteiger partial charge >= 0.3 is 0 Å². The van der Waals surface area contributed by atoms with Gasteiger partial charge in [-0.25, -0.2) is 0 Å². The fourth-order valence-electron chi connectivity index (χ4n) is 8.39. The van der Waals surface area contributed by atoms with E-state index in [1.807, 2.05) is 0 Å². The van der Waals surface area contributed by atoms with Crippen LogP contribution >= 0.6 is 0 Å². The maximum atomic E-state index is 2.50. The molecule has 0 saturated heterocycles. The van der Waals surface area contributed by atoms with E-state index < -0.39 is 0 Å². The lowest BCUT2D eigenvalue weighted by atomic mass is 9.81. The van der Waals surface area contributed by atoms with Gasteiger partial charge in [0.05, 0.1) is 22.1 Å². The Hall–Kier alpha value is -5.86. The van der Waals surface area contributed by atoms with Gasteiger partial charge in [-0.3, -0.25) is 0 Å². The van der Waals surface area contributed by atoms with E-state index in [0.717, 1.165) is 0 Å². The van der Waals surface area contributed by atoms with Crippen LogP contribution in [0.1, 0.15) is 25.0 Å². The molecule has 222 valence electrons. The fraction of sp³-hybridized carbons (Fsp3) is 0.0667. The number of nitrogens with zero attached hydrogens (tertiary/aromatic N) is 2. The molecule has 2 aromatic heterocycles. The Labute approximate surface area is 273 Å². The molecular weight excluding hydrogens is 569 g/mol. The quantitative estimate of drug-likeness (QED) is 0.191. The predicted octanol–water partition coefficient (Wildman–Crippen LogP) is 11.9. The normalized spacial score (nSPS) is 13.5. The van der Waals surface area contributed by atoms with Gasteiger partial charge in [0.25, 0.3) is 0 Å². The highest BCUT2D eigenvalue weighted by atomic mass is 15.0. The minimum Gasteiger partial charge on any atom is -0.309 e. The zero-order chi connectivity index (χ0) is 31.3. The molecule has 0 aliphatic heterocycles. The fourth-order valence-corrected chi connectivity index (χ4v) is 8.39. The highest BCUT2D eigenvalue weighted by Gasteiger charge is 2.38. The Kier molecular flexibility index (Phi) is 5.37. The zero-order valence-electron chi connectivity index (χ0n) is 26.4. The Bertz CT molecular complexity index is 2690. The molecule has 7 aromatic carbocycles. The molecule has 0 unspecified atom stereocenters. The van der Waals surface area contributed by atoms with Gasteiger partial charge in [0.2, 0.25) is 0 Å². The van der Waals surface area contributed by atoms with Crippen LogP contribution in [0.2, 0.25) is 0 Å². The van der Waals surface area contributed by atoms with Crippen LogP contribution in [-0.4, -0.2) is 9.13 Å². The first-order valence-corrected chi connectivity index (χ1v) is 16.5. The molecule has 0 saturated carbocycles. The van der Waals surface area contributed by atoms with E-state index in [4.69, 9.17) is 0 Å². The maximum absolute atomic E-state index is 2.50. The van der Waals surface area contributed by atoms with E-state index in [2.05, 4.69) is 181 Å². The third-order valence-corrected chi connectivity index (χ3v) is 10.5. The van der Waals surface area contributed by atoms with Crippen LogP contribution in [0.5, 0.6) is 0 Å². The van der Waals surface area contributed by atoms with Gasteiger partial charge in [-0.2, -0.15) is 0 Å². The van der Waals surface area contributed by atoms with E-state index in [1.165, 1.54) is 88.4 Å². The molecule has 10 rings (SSSR count). The molecule has 0 spiro atoms. The van der Waals surface area contributed by atoms with Crippen molar-refractivity contribution in [3.8, 4) is 33.6 Å². The first kappa shape index (κ1) is 26.4. The SMILES string of the molecule is CC1(C)c2ccccc2-c2ccc3c4cc(-c5ccc6c7ccccc7n(-c7ccccc7)c6c5)ccc4n(-c4ccccc4)c3c21. The molecule has 2 nitrogen and oxygen atoms in total. The second kappa shape index (κ2) is 9.57. The number of hydrogen-bond acceptors (Lipinski definition) is 0. The second-order valence-corrected chi connectivity index (χ2v) is 13.4. The van der Waals surface area contributed by atoms with E-state index in [-0.39, 0.29) is 5.41 Å². The summed E-state index contributed by atoms with van der Waals surface area (Å²) in [6, 6.07) is 58.0. The first-order valence-electron chi connectivity index (χ1n) is 16.5. The van der Waals surface area contributed by atoms with Crippen LogP contribution in [-0.2, 0) is 5.41 Å². The van der Waals surface area contributed by atoms with Gasteiger partial charge in [0.15, 0.2) is 0 Å². The lowest BCUT2D eigenvalue weighted by Gasteiger charge is -2.23. The number of rotatable bonds is 3. The van der Waals surface area contributed by atoms with E-state index in [9.17, 15) is 0 Å². The number of para-hydroxylation sites is 3. The largest absolute Gasteiger partial charge is 0.309 e. The topological polar surface area (TPSA) is 9.86 Å². The minimum atomic E-state index is -0.120. The summed E-state index contributed by atoms with van der Waals surface area (Å²) < 4.78 is 4.90. The van der Waals surface area contributed by atoms with Crippen LogP contribution in [0.25, 0.3) is 77.2 Å². The van der Waals surface area contributed by atoms with Crippen molar-refractivity contribution in [2.75, 3.05) is 0 Å². The number of fused-ring (bicyclic) bond motifs is 10. The van der Waals surface area contributed by atoms with Crippen LogP contribution in [0.15, 0.2) is 158 Å². The summed E-state index contributed by atoms with van der Waals surface area (Å²) in [7, 11) is 0. The van der Waals surface area contributed by atoms with Gasteiger partial charge in [0.1, 0.15) is 0 Å². The van der Waals surface area contributed by atoms with E-state index >= 15 is 0 Å². The average Bonchev–Trinajstić information content (AvgIpc) is 3.71. The molecule has 9 aromatic rings. The Morgan fingerprint density at radius 1 is 0.404 bits per heavy atom. The monoisotopic (exact) mass is 600 g/mol. The van der Waals surface area contributed by atoms with Crippen molar-refractivity contribution in [2.45, 2.75) is 19.3 Å². The summed E-state index contributed by atoms with van der Waals surface area (Å²) in [6.45, 7) is 4.77. The van der Waals surface area contributed by atoms with Crippen LogP contribution in [0, 0.1) is 0 Å². The average molecular weight is 601 g/mol. The Morgan fingerprint density at radius 3 is 1.81 bits per heavy atom. The van der Waals surface area contributed by atoms with Crippen molar-refractivity contribution < 1.29 is 0 Å². The van der Waals surface area contributed by atoms with Crippen molar-refractivity contribution in [2.24, 2.45) is 0 Å². The summed E-state index contributed by atoms with van der Waals surface area (Å²) in [5, 5.41) is 5.12. The summed E-state index contributed by atoms with van der Waals surface area (Å²) >= 11 is 0. The van der Waals surface area contributed by atoms with Crippen molar-refractivity contribution >= 4 is 43.6 Å². The van der Waals surface area contributed by atoms with Gasteiger partial charge in [-0.05, 0) is 81.9 Å². The summed E-state index contributed by atoms with van der Waals surface area (Å²) in [6.07, 6.45) is 0. The van der Waals surface area contributed by atoms with Crippen LogP contribution in [0.4, 0.5) is 0 Å². The molecule has 0 bridgehead atoms. The minimum absolute atomic E-state index is 0.120. The number of benzene rings is 7. The second-order valence-electron chi connectivity index (χ2n) is 13.4. The van der Waals surface area contributed by atoms with Crippen LogP contribution < -0.4 is 0 Å². The standard InChI is InChI=1S/C45H32N2/c1-45(2)39-19-11-9-17-33(39)36-24-25-37-38-27-29(22-26-41(38)47(44(37)43(36)45)32-15-7-4-8-16-32)30-21-23-35-34-18-10-12-20-40(34)46(42(35)28-30)31-13-5-3-6-14-31/h3-28H,1-2H3. The Morgan fingerprint density at radius 2 is 1.00 bits per heavy atom. The molecular formula is C45H32N2. The molecule has 1 aliphatic carbocycles. The summed E-state index contributed by atoms with van der Waals surface area (Å²) in [5.41, 5.74) is 15.2. The highest BCUT2D eigenvalue weighted by molar-refractivity contribution is 6.15. The highest BCUT2D eigenvalue weighted by Crippen LogP contribution is 2.53. The lowest BCUT2D eigenvalue weighted by molar-refractivity contribution is 0.664.